The summed E-state index contributed by atoms with van der Waals surface area (Å²) in [5.74, 6) is 0.627. The number of halogens is 1. The van der Waals surface area contributed by atoms with E-state index in [-0.39, 0.29) is 17.9 Å². The van der Waals surface area contributed by atoms with Gasteiger partial charge in [0.05, 0.1) is 12.1 Å². The zero-order valence-electron chi connectivity index (χ0n) is 14.3. The first-order valence-corrected chi connectivity index (χ1v) is 8.95. The van der Waals surface area contributed by atoms with Crippen LogP contribution in [-0.4, -0.2) is 33.7 Å². The van der Waals surface area contributed by atoms with Crippen LogP contribution >= 0.6 is 11.6 Å². The third-order valence-corrected chi connectivity index (χ3v) is 5.15. The normalized spacial score (nSPS) is 15.4. The highest BCUT2D eigenvalue weighted by Crippen LogP contribution is 2.25. The molecule has 2 aromatic rings. The van der Waals surface area contributed by atoms with Crippen molar-refractivity contribution in [3.8, 4) is 0 Å². The zero-order valence-corrected chi connectivity index (χ0v) is 15.1. The fraction of sp³-hybridized carbons (Fsp3) is 0.421. The molecule has 0 aliphatic carbocycles. The van der Waals surface area contributed by atoms with Gasteiger partial charge in [-0.3, -0.25) is 9.59 Å². The fourth-order valence-electron chi connectivity index (χ4n) is 3.27. The van der Waals surface area contributed by atoms with E-state index >= 15 is 0 Å². The first-order valence-electron chi connectivity index (χ1n) is 8.57. The number of benzene rings is 1. The minimum Gasteiger partial charge on any atom is -0.342 e. The maximum absolute atomic E-state index is 12.5. The van der Waals surface area contributed by atoms with Crippen LogP contribution < -0.4 is 5.56 Å². The lowest BCUT2D eigenvalue weighted by atomic mass is 9.90. The van der Waals surface area contributed by atoms with E-state index in [1.54, 1.807) is 13.1 Å². The van der Waals surface area contributed by atoms with Gasteiger partial charge >= 0.3 is 0 Å². The van der Waals surface area contributed by atoms with Gasteiger partial charge in [0.1, 0.15) is 0 Å². The lowest BCUT2D eigenvalue weighted by Gasteiger charge is -2.32. The van der Waals surface area contributed by atoms with E-state index in [1.165, 1.54) is 16.3 Å². The highest BCUT2D eigenvalue weighted by molar-refractivity contribution is 6.31. The number of hydrogen-bond donors (Lipinski definition) is 0. The highest BCUT2D eigenvalue weighted by atomic mass is 35.5. The Bertz CT molecular complexity index is 810. The van der Waals surface area contributed by atoms with E-state index in [0.29, 0.717) is 11.6 Å². The molecule has 0 N–H and O–H groups in total. The number of amides is 1. The monoisotopic (exact) mass is 359 g/mol. The minimum atomic E-state index is -0.170. The lowest BCUT2D eigenvalue weighted by Crippen LogP contribution is -2.40. The molecular weight excluding hydrogens is 338 g/mol. The molecule has 0 unspecified atom stereocenters. The Morgan fingerprint density at radius 2 is 1.92 bits per heavy atom. The van der Waals surface area contributed by atoms with Crippen molar-refractivity contribution in [2.75, 3.05) is 13.1 Å². The molecule has 1 aliphatic heterocycles. The van der Waals surface area contributed by atoms with Crippen LogP contribution in [0.1, 0.15) is 24.1 Å². The van der Waals surface area contributed by atoms with Crippen molar-refractivity contribution in [1.29, 1.82) is 0 Å². The summed E-state index contributed by atoms with van der Waals surface area (Å²) >= 11 is 6.24. The van der Waals surface area contributed by atoms with Crippen LogP contribution in [0.5, 0.6) is 0 Å². The second-order valence-electron chi connectivity index (χ2n) is 6.58. The topological polar surface area (TPSA) is 55.2 Å². The summed E-state index contributed by atoms with van der Waals surface area (Å²) in [4.78, 5) is 25.7. The summed E-state index contributed by atoms with van der Waals surface area (Å²) in [5.41, 5.74) is 1.64. The van der Waals surface area contributed by atoms with Crippen molar-refractivity contribution in [3.05, 3.63) is 63.0 Å². The molecule has 0 spiro atoms. The Balaban J connectivity index is 1.53. The van der Waals surface area contributed by atoms with Crippen molar-refractivity contribution >= 4 is 17.5 Å². The van der Waals surface area contributed by atoms with Crippen LogP contribution in [0.15, 0.2) is 41.2 Å². The van der Waals surface area contributed by atoms with Crippen molar-refractivity contribution in [2.45, 2.75) is 25.7 Å². The van der Waals surface area contributed by atoms with E-state index in [1.807, 2.05) is 23.1 Å². The Hall–Kier alpha value is -2.14. The van der Waals surface area contributed by atoms with Gasteiger partial charge in [0.15, 0.2) is 0 Å². The third-order valence-electron chi connectivity index (χ3n) is 4.78. The molecule has 3 rings (SSSR count). The maximum Gasteiger partial charge on any atom is 0.266 e. The molecule has 0 saturated carbocycles. The predicted octanol–water partition coefficient (Wildman–Crippen LogP) is 2.46. The van der Waals surface area contributed by atoms with E-state index in [0.717, 1.165) is 37.4 Å². The second-order valence-corrected chi connectivity index (χ2v) is 6.99. The van der Waals surface area contributed by atoms with Crippen molar-refractivity contribution < 1.29 is 4.79 Å². The van der Waals surface area contributed by atoms with Crippen molar-refractivity contribution in [2.24, 2.45) is 13.0 Å². The van der Waals surface area contributed by atoms with Gasteiger partial charge < -0.3 is 4.90 Å². The summed E-state index contributed by atoms with van der Waals surface area (Å²) < 4.78 is 1.26. The van der Waals surface area contributed by atoms with Gasteiger partial charge in [-0.05, 0) is 42.9 Å². The number of hydrogen-bond acceptors (Lipinski definition) is 3. The number of likely N-dealkylation sites (tertiary alicyclic amines) is 1. The zero-order chi connectivity index (χ0) is 17.8. The first kappa shape index (κ1) is 17.7. The summed E-state index contributed by atoms with van der Waals surface area (Å²) in [6.07, 6.45) is 3.17. The van der Waals surface area contributed by atoms with Crippen molar-refractivity contribution in [3.63, 3.8) is 0 Å². The minimum absolute atomic E-state index is 0.0716. The second kappa shape index (κ2) is 7.83. The molecule has 1 amide bonds. The fourth-order valence-corrected chi connectivity index (χ4v) is 3.49. The summed E-state index contributed by atoms with van der Waals surface area (Å²) in [6.45, 7) is 1.53. The average molecular weight is 360 g/mol. The third kappa shape index (κ3) is 4.48. The van der Waals surface area contributed by atoms with Crippen molar-refractivity contribution in [1.82, 2.24) is 14.7 Å². The van der Waals surface area contributed by atoms with Crippen LogP contribution in [0, 0.1) is 5.92 Å². The number of aromatic nitrogens is 2. The van der Waals surface area contributed by atoms with Gasteiger partial charge in [-0.25, -0.2) is 4.68 Å². The largest absolute Gasteiger partial charge is 0.342 e. The molecule has 1 aliphatic rings. The Kier molecular flexibility index (Phi) is 5.53. The van der Waals surface area contributed by atoms with Crippen LogP contribution in [0.3, 0.4) is 0 Å². The SMILES string of the molecule is Cn1nc(CC(=O)N2CCC(Cc3ccccc3Cl)CC2)ccc1=O. The summed E-state index contributed by atoms with van der Waals surface area (Å²) in [7, 11) is 1.59. The van der Waals surface area contributed by atoms with Crippen LogP contribution in [0.4, 0.5) is 0 Å². The highest BCUT2D eigenvalue weighted by Gasteiger charge is 2.23. The molecular formula is C19H22ClN3O2. The van der Waals surface area contributed by atoms with E-state index in [4.69, 9.17) is 11.6 Å². The number of nitrogens with zero attached hydrogens (tertiary/aromatic N) is 3. The quantitative estimate of drug-likeness (QED) is 0.842. The molecule has 1 fully saturated rings. The molecule has 2 heterocycles. The van der Waals surface area contributed by atoms with Crippen LogP contribution in [-0.2, 0) is 24.7 Å². The van der Waals surface area contributed by atoms with E-state index in [2.05, 4.69) is 11.2 Å². The van der Waals surface area contributed by atoms with Gasteiger partial charge in [0.2, 0.25) is 5.91 Å². The van der Waals surface area contributed by atoms with Gasteiger partial charge in [-0.15, -0.1) is 0 Å². The number of carbonyl (C=O) groups excluding carboxylic acids is 1. The van der Waals surface area contributed by atoms with Gasteiger partial charge in [-0.1, -0.05) is 29.8 Å². The molecule has 0 atom stereocenters. The maximum atomic E-state index is 12.5. The Morgan fingerprint density at radius 1 is 1.20 bits per heavy atom. The number of piperidine rings is 1. The summed E-state index contributed by atoms with van der Waals surface area (Å²) in [5, 5.41) is 4.95. The van der Waals surface area contributed by atoms with Gasteiger partial charge in [-0.2, -0.15) is 5.10 Å². The smallest absolute Gasteiger partial charge is 0.266 e. The van der Waals surface area contributed by atoms with E-state index in [9.17, 15) is 9.59 Å². The average Bonchev–Trinajstić information content (AvgIpc) is 2.61. The molecule has 5 nitrogen and oxygen atoms in total. The van der Waals surface area contributed by atoms with Crippen LogP contribution in [0.25, 0.3) is 0 Å². The molecule has 6 heteroatoms. The Labute approximate surface area is 152 Å². The van der Waals surface area contributed by atoms with Crippen LogP contribution in [0.2, 0.25) is 5.02 Å². The number of carbonyl (C=O) groups is 1. The first-order chi connectivity index (χ1) is 12.0. The summed E-state index contributed by atoms with van der Waals surface area (Å²) in [6, 6.07) is 11.0. The molecule has 0 radical (unpaired) electrons. The molecule has 0 bridgehead atoms. The molecule has 1 aromatic heterocycles. The number of aryl methyl sites for hydroxylation is 1. The Morgan fingerprint density at radius 3 is 2.60 bits per heavy atom. The standard InChI is InChI=1S/C19H22ClN3O2/c1-22-18(24)7-6-16(21-22)13-19(25)23-10-8-14(9-11-23)12-15-4-2-3-5-17(15)20/h2-7,14H,8-13H2,1H3. The molecule has 1 aromatic carbocycles. The van der Waals surface area contributed by atoms with Gasteiger partial charge in [0.25, 0.3) is 5.56 Å². The van der Waals surface area contributed by atoms with Gasteiger partial charge in [0, 0.05) is 31.2 Å². The lowest BCUT2D eigenvalue weighted by molar-refractivity contribution is -0.131. The molecule has 25 heavy (non-hydrogen) atoms. The molecule has 1 saturated heterocycles. The number of rotatable bonds is 4. The molecule has 132 valence electrons. The predicted molar refractivity (Wildman–Crippen MR) is 97.6 cm³/mol. The van der Waals surface area contributed by atoms with E-state index < -0.39 is 0 Å².